The number of fused-ring (bicyclic) bond motifs is 1. The van der Waals surface area contributed by atoms with Crippen molar-refractivity contribution in [3.05, 3.63) is 63.1 Å². The van der Waals surface area contributed by atoms with Crippen LogP contribution in [0.1, 0.15) is 30.9 Å². The summed E-state index contributed by atoms with van der Waals surface area (Å²) in [5.74, 6) is 0.354. The maximum absolute atomic E-state index is 13.4. The second-order valence-corrected chi connectivity index (χ2v) is 9.09. The molecule has 0 saturated carbocycles. The van der Waals surface area contributed by atoms with Crippen molar-refractivity contribution in [3.8, 4) is 0 Å². The van der Waals surface area contributed by atoms with Crippen molar-refractivity contribution >= 4 is 39.1 Å². The number of carbonyl (C=O) groups excluding carboxylic acids is 1. The van der Waals surface area contributed by atoms with Gasteiger partial charge in [0.1, 0.15) is 0 Å². The van der Waals surface area contributed by atoms with Gasteiger partial charge in [-0.3, -0.25) is 9.69 Å². The van der Waals surface area contributed by atoms with Crippen molar-refractivity contribution in [2.75, 3.05) is 18.0 Å². The van der Waals surface area contributed by atoms with Gasteiger partial charge in [0, 0.05) is 34.3 Å². The van der Waals surface area contributed by atoms with E-state index >= 15 is 0 Å². The molecule has 1 fully saturated rings. The minimum Gasteiger partial charge on any atom is -0.309 e. The first kappa shape index (κ1) is 19.0. The number of piperidine rings is 1. The number of benzene rings is 2. The zero-order valence-corrected chi connectivity index (χ0v) is 17.8. The smallest absolute Gasteiger partial charge is 0.231 e. The third kappa shape index (κ3) is 4.08. The van der Waals surface area contributed by atoms with Gasteiger partial charge in [-0.15, -0.1) is 0 Å². The Morgan fingerprint density at radius 1 is 1.22 bits per heavy atom. The zero-order chi connectivity index (χ0) is 19.0. The first-order valence-electron chi connectivity index (χ1n) is 9.59. The molecule has 2 atom stereocenters. The van der Waals surface area contributed by atoms with Crippen LogP contribution in [-0.4, -0.2) is 29.9 Å². The van der Waals surface area contributed by atoms with Gasteiger partial charge in [-0.1, -0.05) is 39.7 Å². The summed E-state index contributed by atoms with van der Waals surface area (Å²) < 4.78 is 1.08. The van der Waals surface area contributed by atoms with E-state index in [-0.39, 0.29) is 17.9 Å². The molecule has 0 spiro atoms. The lowest BCUT2D eigenvalue weighted by Crippen LogP contribution is -2.46. The van der Waals surface area contributed by atoms with Gasteiger partial charge in [0.15, 0.2) is 0 Å². The van der Waals surface area contributed by atoms with Crippen molar-refractivity contribution in [1.29, 1.82) is 0 Å². The van der Waals surface area contributed by atoms with E-state index in [0.29, 0.717) is 0 Å². The monoisotopic (exact) mass is 446 g/mol. The molecular weight excluding hydrogens is 424 g/mol. The number of rotatable bonds is 3. The molecule has 2 aromatic carbocycles. The predicted octanol–water partition coefficient (Wildman–Crippen LogP) is 5.29. The standard InChI is InChI=1S/C22H24BrClN2O/c1-15-11-18-12-19(23)6-9-21(18)26(15)22(27)17-3-2-10-25(14-17)13-16-4-7-20(24)8-5-16/h4-9,12,15,17H,2-3,10-11,13-14H2,1H3/t15-,17+/m0/s1. The highest BCUT2D eigenvalue weighted by Gasteiger charge is 2.36. The van der Waals surface area contributed by atoms with Gasteiger partial charge >= 0.3 is 0 Å². The molecule has 2 aliphatic heterocycles. The van der Waals surface area contributed by atoms with E-state index < -0.39 is 0 Å². The number of amides is 1. The Morgan fingerprint density at radius 2 is 2.00 bits per heavy atom. The van der Waals surface area contributed by atoms with E-state index in [2.05, 4.69) is 52.0 Å². The largest absolute Gasteiger partial charge is 0.309 e. The molecule has 0 N–H and O–H groups in total. The minimum atomic E-state index is 0.0723. The lowest BCUT2D eigenvalue weighted by atomic mass is 9.95. The van der Waals surface area contributed by atoms with E-state index in [0.717, 1.165) is 54.1 Å². The molecule has 0 bridgehead atoms. The average molecular weight is 448 g/mol. The van der Waals surface area contributed by atoms with E-state index in [1.165, 1.54) is 11.1 Å². The predicted molar refractivity (Wildman–Crippen MR) is 114 cm³/mol. The average Bonchev–Trinajstić information content (AvgIpc) is 2.98. The maximum atomic E-state index is 13.4. The van der Waals surface area contributed by atoms with Crippen LogP contribution in [0.3, 0.4) is 0 Å². The summed E-state index contributed by atoms with van der Waals surface area (Å²) in [4.78, 5) is 17.8. The fourth-order valence-corrected chi connectivity index (χ4v) is 4.92. The normalized spacial score (nSPS) is 22.7. The Morgan fingerprint density at radius 3 is 2.78 bits per heavy atom. The summed E-state index contributed by atoms with van der Waals surface area (Å²) in [7, 11) is 0. The number of likely N-dealkylation sites (tertiary alicyclic amines) is 1. The van der Waals surface area contributed by atoms with Gasteiger partial charge in [-0.05, 0) is 74.2 Å². The highest BCUT2D eigenvalue weighted by atomic mass is 79.9. The first-order chi connectivity index (χ1) is 13.0. The van der Waals surface area contributed by atoms with E-state index in [1.807, 2.05) is 23.1 Å². The second kappa shape index (κ2) is 7.94. The maximum Gasteiger partial charge on any atom is 0.231 e. The number of hydrogen-bond acceptors (Lipinski definition) is 2. The SMILES string of the molecule is C[C@H]1Cc2cc(Br)ccc2N1C(=O)[C@@H]1CCCN(Cc2ccc(Cl)cc2)C1. The van der Waals surface area contributed by atoms with Crippen LogP contribution in [0.2, 0.25) is 5.02 Å². The van der Waals surface area contributed by atoms with Crippen molar-refractivity contribution < 1.29 is 4.79 Å². The van der Waals surface area contributed by atoms with E-state index in [9.17, 15) is 4.79 Å². The van der Waals surface area contributed by atoms with Crippen molar-refractivity contribution in [1.82, 2.24) is 4.90 Å². The molecule has 2 aliphatic rings. The molecule has 0 radical (unpaired) electrons. The van der Waals surface area contributed by atoms with Crippen molar-refractivity contribution in [3.63, 3.8) is 0 Å². The van der Waals surface area contributed by atoms with Gasteiger partial charge in [-0.2, -0.15) is 0 Å². The zero-order valence-electron chi connectivity index (χ0n) is 15.5. The summed E-state index contributed by atoms with van der Waals surface area (Å²) in [5, 5.41) is 0.763. The third-order valence-electron chi connectivity index (χ3n) is 5.67. The molecule has 3 nitrogen and oxygen atoms in total. The highest BCUT2D eigenvalue weighted by molar-refractivity contribution is 9.10. The van der Waals surface area contributed by atoms with Gasteiger partial charge in [0.05, 0.1) is 5.92 Å². The van der Waals surface area contributed by atoms with Crippen LogP contribution in [-0.2, 0) is 17.8 Å². The van der Waals surface area contributed by atoms with Gasteiger partial charge in [0.25, 0.3) is 0 Å². The van der Waals surface area contributed by atoms with Crippen LogP contribution in [0.4, 0.5) is 5.69 Å². The van der Waals surface area contributed by atoms with Crippen molar-refractivity contribution in [2.45, 2.75) is 38.8 Å². The molecule has 1 saturated heterocycles. The lowest BCUT2D eigenvalue weighted by molar-refractivity contribution is -0.124. The Balaban J connectivity index is 1.47. The number of anilines is 1. The van der Waals surface area contributed by atoms with Crippen LogP contribution in [0.5, 0.6) is 0 Å². The molecule has 142 valence electrons. The third-order valence-corrected chi connectivity index (χ3v) is 6.41. The lowest BCUT2D eigenvalue weighted by Gasteiger charge is -2.35. The van der Waals surface area contributed by atoms with Crippen LogP contribution in [0.25, 0.3) is 0 Å². The minimum absolute atomic E-state index is 0.0723. The number of nitrogens with zero attached hydrogens (tertiary/aromatic N) is 2. The second-order valence-electron chi connectivity index (χ2n) is 7.74. The summed E-state index contributed by atoms with van der Waals surface area (Å²) >= 11 is 9.53. The Kier molecular flexibility index (Phi) is 5.58. The Labute approximate surface area is 174 Å². The fourth-order valence-electron chi connectivity index (χ4n) is 4.38. The topological polar surface area (TPSA) is 23.6 Å². The van der Waals surface area contributed by atoms with Crippen LogP contribution < -0.4 is 4.90 Å². The summed E-state index contributed by atoms with van der Waals surface area (Å²) in [6.07, 6.45) is 2.98. The number of hydrogen-bond donors (Lipinski definition) is 0. The summed E-state index contributed by atoms with van der Waals surface area (Å²) in [6, 6.07) is 14.5. The van der Waals surface area contributed by atoms with Crippen LogP contribution >= 0.6 is 27.5 Å². The van der Waals surface area contributed by atoms with Gasteiger partial charge < -0.3 is 4.90 Å². The van der Waals surface area contributed by atoms with E-state index in [4.69, 9.17) is 11.6 Å². The molecular formula is C22H24BrClN2O. The summed E-state index contributed by atoms with van der Waals surface area (Å²) in [5.41, 5.74) is 3.60. The molecule has 0 aliphatic carbocycles. The molecule has 4 rings (SSSR count). The van der Waals surface area contributed by atoms with Crippen molar-refractivity contribution in [2.24, 2.45) is 5.92 Å². The Bertz CT molecular complexity index is 839. The molecule has 2 heterocycles. The quantitative estimate of drug-likeness (QED) is 0.638. The first-order valence-corrected chi connectivity index (χ1v) is 10.8. The molecule has 0 unspecified atom stereocenters. The van der Waals surface area contributed by atoms with Crippen LogP contribution in [0, 0.1) is 5.92 Å². The molecule has 27 heavy (non-hydrogen) atoms. The van der Waals surface area contributed by atoms with Gasteiger partial charge in [-0.25, -0.2) is 0 Å². The molecule has 2 aromatic rings. The molecule has 0 aromatic heterocycles. The van der Waals surface area contributed by atoms with Gasteiger partial charge in [0.2, 0.25) is 5.91 Å². The number of carbonyl (C=O) groups is 1. The molecule has 1 amide bonds. The fraction of sp³-hybridized carbons (Fsp3) is 0.409. The van der Waals surface area contributed by atoms with Crippen LogP contribution in [0.15, 0.2) is 46.9 Å². The van der Waals surface area contributed by atoms with E-state index in [1.54, 1.807) is 0 Å². The molecule has 5 heteroatoms. The number of halogens is 2. The summed E-state index contributed by atoms with van der Waals surface area (Å²) in [6.45, 7) is 4.90. The highest BCUT2D eigenvalue weighted by Crippen LogP contribution is 2.36. The Hall–Kier alpha value is -1.36.